The molecule has 0 bridgehead atoms. The standard InChI is InChI=1S/C80H101ClIN23O12/c1-43(2)34-59(68(109)92-58(15-7-8-32-87-44(3)4)76(117)105-33-11-16-66(105)75(116)88-45(5)67(83)108)93-70(111)62(37-48-20-27-54(28-21-48)90-79-99-77(84)101-103-79)95-72(113)63(38-49-22-29-55(30-23-49)91-80-100-78(85)102-104-80)97-74(115)65(42-106)98-73(114)64(40-51-12-10-31-86-41-51)96-71(112)61(36-47-18-25-53(81)26-19-47)94-69(110)60(89-46(6)107)39-50-17-24-52-13-9-14-57(82)56(52)35-50/h9-10,12-14,17-31,35,41,43-45,58-66,87,106H,7-8,11,15-16,32-34,36-40,42H2,1-6H3,(H2,83,108)(H,88,116)(H,89,107)(H,92,109)(H,93,111)(H,94,110)(H,95,113)(H,96,112)(H,97,115)(H,98,114)(H4,84,90,99,101,103)(H4,85,91,100,102,104)/t45-,58+,59+,60-,61-,62-,63+,64-,65+,66+/m1/s1. The number of hydrogen-bond acceptors (Lipinski definition) is 22. The van der Waals surface area contributed by atoms with Crippen molar-refractivity contribution in [1.82, 2.24) is 93.4 Å². The molecular weight excluding hydrogens is 1640 g/mol. The fourth-order valence-corrected chi connectivity index (χ4v) is 14.0. The summed E-state index contributed by atoms with van der Waals surface area (Å²) in [5.74, 6) is -8.61. The molecule has 8 aromatic rings. The third-order valence-electron chi connectivity index (χ3n) is 19.3. The van der Waals surface area contributed by atoms with Crippen LogP contribution in [-0.2, 0) is 84.8 Å². The number of nitrogens with zero attached hydrogens (tertiary/aromatic N) is 6. The zero-order chi connectivity index (χ0) is 84.4. The Balaban J connectivity index is 1.01. The highest BCUT2D eigenvalue weighted by Gasteiger charge is 2.41. The van der Waals surface area contributed by atoms with E-state index in [1.54, 1.807) is 84.9 Å². The number of carbonyl (C=O) groups excluding carboxylic acids is 11. The molecule has 37 heteroatoms. The number of hydrogen-bond donors (Lipinski definition) is 18. The zero-order valence-electron chi connectivity index (χ0n) is 65.6. The summed E-state index contributed by atoms with van der Waals surface area (Å²) in [6, 6.07) is 20.8. The molecule has 1 fully saturated rings. The molecule has 0 unspecified atom stereocenters. The lowest BCUT2D eigenvalue weighted by Gasteiger charge is -2.31. The van der Waals surface area contributed by atoms with Crippen molar-refractivity contribution in [2.75, 3.05) is 41.8 Å². The Morgan fingerprint density at radius 2 is 1.03 bits per heavy atom. The van der Waals surface area contributed by atoms with E-state index in [1.807, 2.05) is 64.1 Å². The molecule has 0 saturated carbocycles. The molecule has 0 spiro atoms. The van der Waals surface area contributed by atoms with Crippen LogP contribution in [0.15, 0.2) is 134 Å². The highest BCUT2D eigenvalue weighted by atomic mass is 127. The number of nitrogens with one attached hydrogen (secondary N) is 14. The van der Waals surface area contributed by atoms with Crippen LogP contribution in [0.5, 0.6) is 0 Å². The Morgan fingerprint density at radius 1 is 0.556 bits per heavy atom. The van der Waals surface area contributed by atoms with Gasteiger partial charge >= 0.3 is 0 Å². The maximum absolute atomic E-state index is 15.5. The molecule has 117 heavy (non-hydrogen) atoms. The fraction of sp³-hybridized carbons (Fsp3) is 0.400. The first-order valence-corrected chi connectivity index (χ1v) is 39.9. The number of carbonyl (C=O) groups is 11. The van der Waals surface area contributed by atoms with Crippen LogP contribution in [0.4, 0.5) is 35.2 Å². The van der Waals surface area contributed by atoms with E-state index in [9.17, 15) is 29.1 Å². The predicted molar refractivity (Wildman–Crippen MR) is 448 cm³/mol. The second-order valence-corrected chi connectivity index (χ2v) is 31.1. The number of aliphatic hydroxyl groups excluding tert-OH is 1. The number of pyridine rings is 1. The maximum atomic E-state index is 15.5. The number of unbranched alkanes of at least 4 members (excludes halogenated alkanes) is 1. The summed E-state index contributed by atoms with van der Waals surface area (Å²) in [7, 11) is 0. The smallest absolute Gasteiger partial charge is 0.245 e. The number of benzene rings is 5. The first-order valence-electron chi connectivity index (χ1n) is 38.5. The largest absolute Gasteiger partial charge is 0.394 e. The number of H-pyrrole nitrogens is 2. The minimum Gasteiger partial charge on any atom is -0.394 e. The minimum atomic E-state index is -1.86. The van der Waals surface area contributed by atoms with Gasteiger partial charge in [-0.1, -0.05) is 112 Å². The van der Waals surface area contributed by atoms with Crippen LogP contribution in [0.2, 0.25) is 5.02 Å². The summed E-state index contributed by atoms with van der Waals surface area (Å²) in [5, 5.41) is 60.7. The molecule has 1 saturated heterocycles. The van der Waals surface area contributed by atoms with E-state index in [-0.39, 0.29) is 93.7 Å². The number of likely N-dealkylation sites (tertiary alicyclic amines) is 1. The van der Waals surface area contributed by atoms with E-state index in [2.05, 4.69) is 122 Å². The normalized spacial score (nSPS) is 14.9. The van der Waals surface area contributed by atoms with Gasteiger partial charge in [-0.15, -0.1) is 10.2 Å². The van der Waals surface area contributed by atoms with Crippen LogP contribution >= 0.6 is 34.2 Å². The van der Waals surface area contributed by atoms with E-state index in [0.29, 0.717) is 70.0 Å². The van der Waals surface area contributed by atoms with Crippen LogP contribution in [-0.4, -0.2) is 196 Å². The summed E-state index contributed by atoms with van der Waals surface area (Å²) >= 11 is 8.51. The predicted octanol–water partition coefficient (Wildman–Crippen LogP) is 2.98. The van der Waals surface area contributed by atoms with Crippen molar-refractivity contribution in [2.24, 2.45) is 11.7 Å². The Hall–Kier alpha value is -11.9. The lowest BCUT2D eigenvalue weighted by molar-refractivity contribution is -0.142. The number of nitrogens with two attached hydrogens (primary N) is 3. The highest BCUT2D eigenvalue weighted by molar-refractivity contribution is 14.1. The summed E-state index contributed by atoms with van der Waals surface area (Å²) in [6.45, 7) is 10.0. The number of amides is 11. The number of fused-ring (bicyclic) bond motifs is 1. The van der Waals surface area contributed by atoms with Crippen LogP contribution in [0.25, 0.3) is 10.8 Å². The second kappa shape index (κ2) is 43.2. The first-order chi connectivity index (χ1) is 55.9. The summed E-state index contributed by atoms with van der Waals surface area (Å²) in [5.41, 5.74) is 20.6. The molecule has 11 amide bonds. The van der Waals surface area contributed by atoms with Crippen molar-refractivity contribution < 1.29 is 57.8 Å². The molecule has 3 aromatic heterocycles. The van der Waals surface area contributed by atoms with Gasteiger partial charge in [-0.25, -0.2) is 10.2 Å². The summed E-state index contributed by atoms with van der Waals surface area (Å²) in [4.78, 5) is 173. The van der Waals surface area contributed by atoms with E-state index in [0.717, 1.165) is 14.3 Å². The molecule has 10 atom stereocenters. The first kappa shape index (κ1) is 89.0. The molecule has 9 rings (SSSR count). The summed E-state index contributed by atoms with van der Waals surface area (Å²) in [6.07, 6.45) is 3.96. The van der Waals surface area contributed by atoms with Gasteiger partial charge in [-0.05, 0) is 168 Å². The molecular formula is C80H101ClIN23O12. The minimum absolute atomic E-state index is 0.0157. The van der Waals surface area contributed by atoms with Crippen molar-refractivity contribution in [3.8, 4) is 0 Å². The van der Waals surface area contributed by atoms with Crippen molar-refractivity contribution in [2.45, 2.75) is 179 Å². The number of aromatic nitrogens is 7. The van der Waals surface area contributed by atoms with Gasteiger partial charge in [-0.3, -0.25) is 57.7 Å². The van der Waals surface area contributed by atoms with Gasteiger partial charge < -0.3 is 91.0 Å². The van der Waals surface area contributed by atoms with E-state index in [1.165, 1.54) is 31.1 Å². The lowest BCUT2D eigenvalue weighted by Crippen LogP contribution is -2.62. The molecule has 21 N–H and O–H groups in total. The van der Waals surface area contributed by atoms with Crippen molar-refractivity contribution in [3.05, 3.63) is 170 Å². The molecule has 4 heterocycles. The number of primary amides is 1. The maximum Gasteiger partial charge on any atom is 0.245 e. The fourth-order valence-electron chi connectivity index (χ4n) is 13.2. The van der Waals surface area contributed by atoms with E-state index in [4.69, 9.17) is 28.8 Å². The third kappa shape index (κ3) is 27.4. The van der Waals surface area contributed by atoms with Gasteiger partial charge in [0.05, 0.1) is 6.61 Å². The van der Waals surface area contributed by atoms with Gasteiger partial charge in [0.2, 0.25) is 88.8 Å². The van der Waals surface area contributed by atoms with Crippen molar-refractivity contribution >= 4 is 145 Å². The molecule has 1 aliphatic rings. The van der Waals surface area contributed by atoms with E-state index < -0.39 is 132 Å². The lowest BCUT2D eigenvalue weighted by atomic mass is 9.99. The van der Waals surface area contributed by atoms with Crippen LogP contribution < -0.4 is 81.0 Å². The van der Waals surface area contributed by atoms with Crippen molar-refractivity contribution in [3.63, 3.8) is 0 Å². The SMILES string of the molecule is CC(=O)N[C@H](Cc1ccc2cccc(I)c2c1)C(=O)N[C@H](Cc1ccc(Cl)cc1)C(=O)N[C@H](Cc1cccnc1)C(=O)N[C@@H](CO)C(=O)N[C@@H](Cc1ccc(Nc2nc(N)n[nH]2)cc1)C(=O)N[C@H](Cc1ccc(Nc2nc(N)n[nH]2)cc1)C(=O)N[C@@H](CC(C)C)C(=O)N[C@@H](CCCCNC(C)C)C(=O)N1CCC[C@H]1C(=O)N[C@H](C)C(N)=O. The Labute approximate surface area is 694 Å². The van der Waals surface area contributed by atoms with Crippen LogP contribution in [0.1, 0.15) is 108 Å². The molecule has 0 radical (unpaired) electrons. The molecule has 622 valence electrons. The Bertz CT molecular complexity index is 4750. The highest BCUT2D eigenvalue weighted by Crippen LogP contribution is 2.26. The molecule has 35 nitrogen and oxygen atoms in total. The number of aromatic amines is 2. The number of halogens is 2. The van der Waals surface area contributed by atoms with Gasteiger partial charge in [0, 0.05) is 84.0 Å². The number of rotatable bonds is 42. The second-order valence-electron chi connectivity index (χ2n) is 29.5. The Morgan fingerprint density at radius 3 is 1.50 bits per heavy atom. The monoisotopic (exact) mass is 1740 g/mol. The number of nitrogen functional groups attached to an aromatic ring is 2. The van der Waals surface area contributed by atoms with Gasteiger partial charge in [0.1, 0.15) is 60.4 Å². The molecule has 1 aliphatic heterocycles. The number of anilines is 6. The average molecular weight is 1740 g/mol. The van der Waals surface area contributed by atoms with Crippen LogP contribution in [0, 0.1) is 9.49 Å². The molecule has 5 aromatic carbocycles. The molecule has 0 aliphatic carbocycles. The van der Waals surface area contributed by atoms with E-state index >= 15 is 28.8 Å². The van der Waals surface area contributed by atoms with Gasteiger partial charge in [0.25, 0.3) is 0 Å². The summed E-state index contributed by atoms with van der Waals surface area (Å²) < 4.78 is 0.963. The quantitative estimate of drug-likeness (QED) is 0.0193. The van der Waals surface area contributed by atoms with Gasteiger partial charge in [0.15, 0.2) is 0 Å². The third-order valence-corrected chi connectivity index (χ3v) is 20.5. The zero-order valence-corrected chi connectivity index (χ0v) is 68.6. The van der Waals surface area contributed by atoms with Crippen LogP contribution in [0.3, 0.4) is 0 Å². The Kier molecular flexibility index (Phi) is 32.9. The number of aliphatic hydroxyl groups is 1. The topological polar surface area (TPSA) is 530 Å². The van der Waals surface area contributed by atoms with Gasteiger partial charge in [-0.2, -0.15) is 9.97 Å². The van der Waals surface area contributed by atoms with Crippen molar-refractivity contribution in [1.29, 1.82) is 0 Å². The average Bonchev–Trinajstić information content (AvgIpc) is 1.63.